The van der Waals surface area contributed by atoms with Crippen molar-refractivity contribution in [3.05, 3.63) is 59.7 Å². The molecule has 3 amide bonds. The van der Waals surface area contributed by atoms with E-state index in [1.165, 1.54) is 36.3 Å². The number of nitrogens with zero attached hydrogens (tertiary/aromatic N) is 1. The van der Waals surface area contributed by atoms with Crippen molar-refractivity contribution in [1.82, 2.24) is 4.90 Å². The van der Waals surface area contributed by atoms with Crippen molar-refractivity contribution in [2.45, 2.75) is 11.4 Å². The fraction of sp³-hybridized carbons (Fsp3) is 0.250. The van der Waals surface area contributed by atoms with E-state index in [9.17, 15) is 22.8 Å². The summed E-state index contributed by atoms with van der Waals surface area (Å²) in [5.41, 5.74) is 1.62. The number of anilines is 1. The molecule has 0 atom stereocenters. The Morgan fingerprint density at radius 3 is 2.33 bits per heavy atom. The molecule has 30 heavy (non-hydrogen) atoms. The Labute approximate surface area is 178 Å². The van der Waals surface area contributed by atoms with E-state index < -0.39 is 9.84 Å². The largest absolute Gasteiger partial charge is 0.384 e. The van der Waals surface area contributed by atoms with Crippen LogP contribution in [0.2, 0.25) is 0 Å². The molecular formula is C20H20N2O6S2. The lowest BCUT2D eigenvalue weighted by Crippen LogP contribution is -2.27. The molecule has 0 spiro atoms. The Balaban J connectivity index is 1.62. The van der Waals surface area contributed by atoms with Crippen LogP contribution >= 0.6 is 11.8 Å². The van der Waals surface area contributed by atoms with Gasteiger partial charge in [0.2, 0.25) is 5.91 Å². The zero-order chi connectivity index (χ0) is 21.7. The van der Waals surface area contributed by atoms with E-state index in [1.807, 2.05) is 0 Å². The molecule has 3 rings (SSSR count). The van der Waals surface area contributed by atoms with E-state index in [1.54, 1.807) is 24.3 Å². The Morgan fingerprint density at radius 2 is 1.77 bits per heavy atom. The highest BCUT2D eigenvalue weighted by Gasteiger charge is 2.29. The van der Waals surface area contributed by atoms with Gasteiger partial charge in [0.15, 0.2) is 9.84 Å². The molecule has 0 saturated carbocycles. The maximum absolute atomic E-state index is 12.4. The maximum atomic E-state index is 12.4. The summed E-state index contributed by atoms with van der Waals surface area (Å²) < 4.78 is 29.1. The van der Waals surface area contributed by atoms with Crippen LogP contribution in [-0.4, -0.2) is 55.6 Å². The lowest BCUT2D eigenvalue weighted by molar-refractivity contribution is -0.125. The van der Waals surface area contributed by atoms with Gasteiger partial charge in [-0.1, -0.05) is 23.9 Å². The second kappa shape index (κ2) is 9.41. The highest BCUT2D eigenvalue weighted by molar-refractivity contribution is 8.14. The molecule has 1 saturated heterocycles. The number of nitrogens with one attached hydrogen (secondary N) is 1. The number of sulfone groups is 1. The second-order valence-corrected chi connectivity index (χ2v) is 9.56. The van der Waals surface area contributed by atoms with Gasteiger partial charge in [0, 0.05) is 18.4 Å². The molecular weight excluding hydrogens is 428 g/mol. The van der Waals surface area contributed by atoms with Gasteiger partial charge in [0.25, 0.3) is 11.1 Å². The van der Waals surface area contributed by atoms with E-state index in [-0.39, 0.29) is 46.6 Å². The number of hydrogen-bond acceptors (Lipinski definition) is 7. The zero-order valence-electron chi connectivity index (χ0n) is 16.2. The monoisotopic (exact) mass is 448 g/mol. The standard InChI is InChI=1S/C20H20N2O6S2/c1-28-10-11-30(26,27)17-8-4-15(5-9-17)19(24)21-16-6-2-14(3-7-16)12-22-18(23)13-29-20(22)25/h2-9H,10-13H2,1H3,(H,21,24). The summed E-state index contributed by atoms with van der Waals surface area (Å²) in [4.78, 5) is 37.1. The highest BCUT2D eigenvalue weighted by atomic mass is 32.2. The first kappa shape index (κ1) is 22.0. The third-order valence-corrected chi connectivity index (χ3v) is 6.98. The van der Waals surface area contributed by atoms with Crippen LogP contribution in [0.3, 0.4) is 0 Å². The van der Waals surface area contributed by atoms with E-state index >= 15 is 0 Å². The Kier molecular flexibility index (Phi) is 6.91. The molecule has 1 fully saturated rings. The first-order valence-electron chi connectivity index (χ1n) is 8.99. The van der Waals surface area contributed by atoms with E-state index in [0.717, 1.165) is 17.3 Å². The van der Waals surface area contributed by atoms with Gasteiger partial charge < -0.3 is 10.1 Å². The topological polar surface area (TPSA) is 110 Å². The summed E-state index contributed by atoms with van der Waals surface area (Å²) in [5, 5.41) is 2.47. The normalized spacial score (nSPS) is 14.2. The van der Waals surface area contributed by atoms with Crippen LogP contribution < -0.4 is 5.32 Å². The highest BCUT2D eigenvalue weighted by Crippen LogP contribution is 2.22. The zero-order valence-corrected chi connectivity index (χ0v) is 17.8. The number of hydrogen-bond donors (Lipinski definition) is 1. The molecule has 0 unspecified atom stereocenters. The molecule has 158 valence electrons. The van der Waals surface area contributed by atoms with Crippen LogP contribution in [0.5, 0.6) is 0 Å². The predicted octanol–water partition coefficient (Wildman–Crippen LogP) is 2.55. The van der Waals surface area contributed by atoms with Gasteiger partial charge in [-0.15, -0.1) is 0 Å². The number of imide groups is 1. The van der Waals surface area contributed by atoms with Crippen molar-refractivity contribution in [1.29, 1.82) is 0 Å². The van der Waals surface area contributed by atoms with Gasteiger partial charge in [0.1, 0.15) is 0 Å². The Morgan fingerprint density at radius 1 is 1.10 bits per heavy atom. The van der Waals surface area contributed by atoms with Crippen LogP contribution in [0.4, 0.5) is 10.5 Å². The predicted molar refractivity (Wildman–Crippen MR) is 113 cm³/mol. The van der Waals surface area contributed by atoms with Crippen LogP contribution in [0, 0.1) is 0 Å². The minimum atomic E-state index is -3.46. The SMILES string of the molecule is COCCS(=O)(=O)c1ccc(C(=O)Nc2ccc(CN3C(=O)CSC3=O)cc2)cc1. The number of thioether (sulfide) groups is 1. The molecule has 0 aliphatic carbocycles. The van der Waals surface area contributed by atoms with Crippen molar-refractivity contribution in [2.24, 2.45) is 0 Å². The third kappa shape index (κ3) is 5.26. The van der Waals surface area contributed by atoms with Crippen molar-refractivity contribution in [3.8, 4) is 0 Å². The van der Waals surface area contributed by atoms with Crippen LogP contribution in [0.15, 0.2) is 53.4 Å². The molecule has 0 aromatic heterocycles. The van der Waals surface area contributed by atoms with Gasteiger partial charge in [-0.25, -0.2) is 8.42 Å². The van der Waals surface area contributed by atoms with Gasteiger partial charge in [-0.05, 0) is 42.0 Å². The Hall–Kier alpha value is -2.69. The minimum Gasteiger partial charge on any atom is -0.384 e. The molecule has 1 aliphatic heterocycles. The number of carbonyl (C=O) groups is 3. The first-order chi connectivity index (χ1) is 14.3. The summed E-state index contributed by atoms with van der Waals surface area (Å²) >= 11 is 0.985. The number of rotatable bonds is 8. The summed E-state index contributed by atoms with van der Waals surface area (Å²) in [6.07, 6.45) is 0. The van der Waals surface area contributed by atoms with Crippen LogP contribution in [0.25, 0.3) is 0 Å². The third-order valence-electron chi connectivity index (χ3n) is 4.42. The van der Waals surface area contributed by atoms with Gasteiger partial charge >= 0.3 is 0 Å². The summed E-state index contributed by atoms with van der Waals surface area (Å²) in [6.45, 7) is 0.289. The summed E-state index contributed by atoms with van der Waals surface area (Å²) in [7, 11) is -2.03. The number of methoxy groups -OCH3 is 1. The first-order valence-corrected chi connectivity index (χ1v) is 11.6. The van der Waals surface area contributed by atoms with Gasteiger partial charge in [0.05, 0.1) is 29.6 Å². The lowest BCUT2D eigenvalue weighted by atomic mass is 10.1. The molecule has 0 bridgehead atoms. The molecule has 10 heteroatoms. The fourth-order valence-electron chi connectivity index (χ4n) is 2.74. The van der Waals surface area contributed by atoms with Crippen molar-refractivity contribution in [3.63, 3.8) is 0 Å². The average Bonchev–Trinajstić information content (AvgIpc) is 3.05. The van der Waals surface area contributed by atoms with Gasteiger partial charge in [-0.3, -0.25) is 19.3 Å². The van der Waals surface area contributed by atoms with Crippen molar-refractivity contribution < 1.29 is 27.5 Å². The molecule has 0 radical (unpaired) electrons. The lowest BCUT2D eigenvalue weighted by Gasteiger charge is -2.13. The quantitative estimate of drug-likeness (QED) is 0.661. The Bertz CT molecular complexity index is 1030. The van der Waals surface area contributed by atoms with Gasteiger partial charge in [-0.2, -0.15) is 0 Å². The van der Waals surface area contributed by atoms with Crippen LogP contribution in [-0.2, 0) is 25.9 Å². The summed E-state index contributed by atoms with van der Waals surface area (Å²) in [6, 6.07) is 12.5. The minimum absolute atomic E-state index is 0.0967. The number of benzene rings is 2. The number of ether oxygens (including phenoxy) is 1. The number of amides is 3. The van der Waals surface area contributed by atoms with Crippen LogP contribution in [0.1, 0.15) is 15.9 Å². The molecule has 1 aliphatic rings. The second-order valence-electron chi connectivity index (χ2n) is 6.52. The van der Waals surface area contributed by atoms with E-state index in [0.29, 0.717) is 11.3 Å². The maximum Gasteiger partial charge on any atom is 0.289 e. The van der Waals surface area contributed by atoms with Crippen molar-refractivity contribution >= 4 is 44.3 Å². The molecule has 1 N–H and O–H groups in total. The summed E-state index contributed by atoms with van der Waals surface area (Å²) in [5.74, 6) is -0.561. The molecule has 2 aromatic rings. The van der Waals surface area contributed by atoms with E-state index in [4.69, 9.17) is 4.74 Å². The van der Waals surface area contributed by atoms with Crippen molar-refractivity contribution in [2.75, 3.05) is 30.5 Å². The molecule has 8 nitrogen and oxygen atoms in total. The average molecular weight is 449 g/mol. The number of carbonyl (C=O) groups excluding carboxylic acids is 3. The molecule has 1 heterocycles. The fourth-order valence-corrected chi connectivity index (χ4v) is 4.64. The smallest absolute Gasteiger partial charge is 0.289 e. The molecule has 2 aromatic carbocycles. The van der Waals surface area contributed by atoms with E-state index in [2.05, 4.69) is 5.32 Å².